The molecule has 24 heavy (non-hydrogen) atoms. The minimum Gasteiger partial charge on any atom is -0.352 e. The molecule has 3 rings (SSSR count). The van der Waals surface area contributed by atoms with Crippen molar-refractivity contribution in [1.29, 1.82) is 0 Å². The normalized spacial score (nSPS) is 31.1. The van der Waals surface area contributed by atoms with Gasteiger partial charge in [0.2, 0.25) is 5.91 Å². The Balaban J connectivity index is 1.50. The Labute approximate surface area is 145 Å². The summed E-state index contributed by atoms with van der Waals surface area (Å²) in [6, 6.07) is 0.377. The van der Waals surface area contributed by atoms with Crippen LogP contribution in [-0.2, 0) is 15.0 Å². The fourth-order valence-electron chi connectivity index (χ4n) is 3.78. The standard InChI is InChI=1S/C16H30N4O3S/c1-13-9-14(2)11-20(10-13)24(22,23)19-7-5-18(6-8-19)12-16(21)17-15-3-4-15/h13-15H,3-12H2,1-2H3,(H,17,21). The number of nitrogens with zero attached hydrogens (tertiary/aromatic N) is 3. The van der Waals surface area contributed by atoms with Crippen LogP contribution < -0.4 is 5.32 Å². The van der Waals surface area contributed by atoms with Crippen molar-refractivity contribution in [2.45, 2.75) is 39.2 Å². The molecule has 1 N–H and O–H groups in total. The second-order valence-corrected chi connectivity index (χ2v) is 9.72. The maximum Gasteiger partial charge on any atom is 0.282 e. The van der Waals surface area contributed by atoms with Gasteiger partial charge in [-0.2, -0.15) is 17.0 Å². The van der Waals surface area contributed by atoms with Crippen LogP contribution in [0.4, 0.5) is 0 Å². The van der Waals surface area contributed by atoms with Crippen molar-refractivity contribution >= 4 is 16.1 Å². The lowest BCUT2D eigenvalue weighted by Gasteiger charge is -2.40. The second kappa shape index (κ2) is 7.27. The molecule has 1 amide bonds. The SMILES string of the molecule is CC1CC(C)CN(S(=O)(=O)N2CCN(CC(=O)NC3CC3)CC2)C1. The van der Waals surface area contributed by atoms with Crippen LogP contribution >= 0.6 is 0 Å². The molecule has 2 aliphatic heterocycles. The predicted octanol–water partition coefficient (Wildman–Crippen LogP) is 0.105. The molecule has 1 aliphatic carbocycles. The molecule has 0 radical (unpaired) electrons. The zero-order valence-electron chi connectivity index (χ0n) is 14.8. The van der Waals surface area contributed by atoms with Crippen molar-refractivity contribution in [2.24, 2.45) is 11.8 Å². The molecule has 0 aromatic rings. The minimum absolute atomic E-state index is 0.0625. The minimum atomic E-state index is -3.37. The molecule has 0 bridgehead atoms. The molecule has 138 valence electrons. The third kappa shape index (κ3) is 4.47. The summed E-state index contributed by atoms with van der Waals surface area (Å²) >= 11 is 0. The van der Waals surface area contributed by atoms with Crippen molar-refractivity contribution < 1.29 is 13.2 Å². The van der Waals surface area contributed by atoms with Crippen LogP contribution in [0.25, 0.3) is 0 Å². The van der Waals surface area contributed by atoms with Gasteiger partial charge in [0.25, 0.3) is 10.2 Å². The first-order chi connectivity index (χ1) is 11.3. The van der Waals surface area contributed by atoms with Gasteiger partial charge >= 0.3 is 0 Å². The van der Waals surface area contributed by atoms with Gasteiger partial charge in [-0.05, 0) is 31.1 Å². The molecule has 7 nitrogen and oxygen atoms in total. The third-order valence-electron chi connectivity index (χ3n) is 5.13. The van der Waals surface area contributed by atoms with Gasteiger partial charge in [-0.1, -0.05) is 13.8 Å². The lowest BCUT2D eigenvalue weighted by Crippen LogP contribution is -2.56. The molecule has 1 saturated carbocycles. The maximum absolute atomic E-state index is 12.9. The number of piperidine rings is 1. The maximum atomic E-state index is 12.9. The summed E-state index contributed by atoms with van der Waals surface area (Å²) in [6.45, 7) is 8.04. The van der Waals surface area contributed by atoms with Gasteiger partial charge in [0.1, 0.15) is 0 Å². The Morgan fingerprint density at radius 3 is 2.12 bits per heavy atom. The molecule has 3 aliphatic rings. The zero-order valence-corrected chi connectivity index (χ0v) is 15.6. The molecule has 0 aromatic heterocycles. The lowest BCUT2D eigenvalue weighted by atomic mass is 9.94. The van der Waals surface area contributed by atoms with E-state index in [4.69, 9.17) is 0 Å². The fraction of sp³-hybridized carbons (Fsp3) is 0.938. The van der Waals surface area contributed by atoms with E-state index in [0.717, 1.165) is 19.3 Å². The Morgan fingerprint density at radius 1 is 1.00 bits per heavy atom. The van der Waals surface area contributed by atoms with Gasteiger partial charge in [0, 0.05) is 45.3 Å². The van der Waals surface area contributed by atoms with Crippen molar-refractivity contribution in [2.75, 3.05) is 45.8 Å². The van der Waals surface area contributed by atoms with E-state index in [2.05, 4.69) is 19.2 Å². The van der Waals surface area contributed by atoms with Crippen molar-refractivity contribution in [3.63, 3.8) is 0 Å². The number of carbonyl (C=O) groups excluding carboxylic acids is 1. The smallest absolute Gasteiger partial charge is 0.282 e. The lowest BCUT2D eigenvalue weighted by molar-refractivity contribution is -0.122. The average molecular weight is 359 g/mol. The number of hydrogen-bond acceptors (Lipinski definition) is 4. The number of rotatable bonds is 5. The monoisotopic (exact) mass is 358 g/mol. The summed E-state index contributed by atoms with van der Waals surface area (Å²) in [6.07, 6.45) is 3.27. The van der Waals surface area contributed by atoms with Crippen molar-refractivity contribution in [1.82, 2.24) is 18.8 Å². The number of piperazine rings is 1. The molecule has 2 heterocycles. The molecule has 2 saturated heterocycles. The molecule has 2 atom stereocenters. The number of carbonyl (C=O) groups is 1. The third-order valence-corrected chi connectivity index (χ3v) is 7.10. The molecule has 3 fully saturated rings. The van der Waals surface area contributed by atoms with Crippen LogP contribution in [0.1, 0.15) is 33.1 Å². The largest absolute Gasteiger partial charge is 0.352 e. The van der Waals surface area contributed by atoms with E-state index >= 15 is 0 Å². The molecule has 2 unspecified atom stereocenters. The van der Waals surface area contributed by atoms with Crippen LogP contribution in [0, 0.1) is 11.8 Å². The van der Waals surface area contributed by atoms with E-state index in [9.17, 15) is 13.2 Å². The van der Waals surface area contributed by atoms with Gasteiger partial charge < -0.3 is 5.32 Å². The van der Waals surface area contributed by atoms with E-state index in [-0.39, 0.29) is 5.91 Å². The molecular weight excluding hydrogens is 328 g/mol. The molecule has 0 spiro atoms. The molecule has 0 aromatic carbocycles. The van der Waals surface area contributed by atoms with Crippen LogP contribution in [0.2, 0.25) is 0 Å². The Morgan fingerprint density at radius 2 is 1.58 bits per heavy atom. The number of nitrogens with one attached hydrogen (secondary N) is 1. The van der Waals surface area contributed by atoms with E-state index in [1.165, 1.54) is 0 Å². The summed E-state index contributed by atoms with van der Waals surface area (Å²) in [5.74, 6) is 0.888. The average Bonchev–Trinajstić information content (AvgIpc) is 3.30. The Kier molecular flexibility index (Phi) is 5.48. The summed E-state index contributed by atoms with van der Waals surface area (Å²) in [5, 5.41) is 2.98. The summed E-state index contributed by atoms with van der Waals surface area (Å²) in [7, 11) is -3.37. The van der Waals surface area contributed by atoms with Gasteiger partial charge in [-0.25, -0.2) is 0 Å². The van der Waals surface area contributed by atoms with Crippen LogP contribution in [0.3, 0.4) is 0 Å². The first-order valence-electron chi connectivity index (χ1n) is 9.11. The Bertz CT molecular complexity index is 546. The highest BCUT2D eigenvalue weighted by Gasteiger charge is 2.36. The topological polar surface area (TPSA) is 73.0 Å². The van der Waals surface area contributed by atoms with Crippen LogP contribution in [0.5, 0.6) is 0 Å². The van der Waals surface area contributed by atoms with Crippen molar-refractivity contribution in [3.8, 4) is 0 Å². The van der Waals surface area contributed by atoms with E-state index in [0.29, 0.717) is 63.7 Å². The van der Waals surface area contributed by atoms with E-state index in [1.807, 2.05) is 4.90 Å². The first-order valence-corrected chi connectivity index (χ1v) is 10.5. The summed E-state index contributed by atoms with van der Waals surface area (Å²) in [5.41, 5.74) is 0. The number of amides is 1. The highest BCUT2D eigenvalue weighted by Crippen LogP contribution is 2.25. The van der Waals surface area contributed by atoms with Gasteiger partial charge in [0.05, 0.1) is 6.54 Å². The summed E-state index contributed by atoms with van der Waals surface area (Å²) < 4.78 is 29.0. The van der Waals surface area contributed by atoms with Gasteiger partial charge in [0.15, 0.2) is 0 Å². The molecule has 8 heteroatoms. The highest BCUT2D eigenvalue weighted by molar-refractivity contribution is 7.86. The zero-order chi connectivity index (χ0) is 17.3. The molecular formula is C16H30N4O3S. The highest BCUT2D eigenvalue weighted by atomic mass is 32.2. The van der Waals surface area contributed by atoms with Gasteiger partial charge in [-0.3, -0.25) is 9.69 Å². The summed E-state index contributed by atoms with van der Waals surface area (Å²) in [4.78, 5) is 13.9. The van der Waals surface area contributed by atoms with Crippen molar-refractivity contribution in [3.05, 3.63) is 0 Å². The fourth-order valence-corrected chi connectivity index (χ4v) is 5.62. The quantitative estimate of drug-likeness (QED) is 0.757. The second-order valence-electron chi connectivity index (χ2n) is 7.79. The first kappa shape index (κ1) is 18.1. The van der Waals surface area contributed by atoms with Gasteiger partial charge in [-0.15, -0.1) is 0 Å². The van der Waals surface area contributed by atoms with Crippen LogP contribution in [0.15, 0.2) is 0 Å². The predicted molar refractivity (Wildman–Crippen MR) is 92.6 cm³/mol. The van der Waals surface area contributed by atoms with E-state index in [1.54, 1.807) is 8.61 Å². The Hall–Kier alpha value is -0.700. The van der Waals surface area contributed by atoms with E-state index < -0.39 is 10.2 Å². The number of hydrogen-bond donors (Lipinski definition) is 1. The van der Waals surface area contributed by atoms with Crippen LogP contribution in [-0.4, -0.2) is 79.7 Å².